The Bertz CT molecular complexity index is 427. The topological polar surface area (TPSA) is 49.3 Å². The molecule has 0 radical (unpaired) electrons. The van der Waals surface area contributed by atoms with Gasteiger partial charge in [-0.25, -0.2) is 0 Å². The zero-order valence-corrected chi connectivity index (χ0v) is 11.0. The number of halogens is 1. The molecule has 0 saturated carbocycles. The minimum absolute atomic E-state index is 0.0357. The molecule has 1 saturated heterocycles. The van der Waals surface area contributed by atoms with Crippen LogP contribution in [0, 0.1) is 0 Å². The van der Waals surface area contributed by atoms with Gasteiger partial charge in [-0.1, -0.05) is 30.7 Å². The van der Waals surface area contributed by atoms with Crippen LogP contribution in [0.5, 0.6) is 0 Å². The van der Waals surface area contributed by atoms with Gasteiger partial charge in [0.05, 0.1) is 0 Å². The molecule has 3 atom stereocenters. The number of carboxylic acid groups (broad SMARTS) is 1. The standard InChI is InChI=1S/C12H14ClNO2S/c1-7-11(8-3-2-4-9(13)5-8)14-10(6-17-7)12(15)16/h2-5,7,10-11,14H,6H2,1H3,(H,15,16). The zero-order chi connectivity index (χ0) is 12.4. The number of rotatable bonds is 2. The minimum atomic E-state index is -0.795. The molecule has 0 aliphatic carbocycles. The summed E-state index contributed by atoms with van der Waals surface area (Å²) >= 11 is 7.64. The third kappa shape index (κ3) is 2.94. The van der Waals surface area contributed by atoms with Crippen LogP contribution in [0.2, 0.25) is 5.02 Å². The fraction of sp³-hybridized carbons (Fsp3) is 0.417. The maximum Gasteiger partial charge on any atom is 0.321 e. The van der Waals surface area contributed by atoms with Gasteiger partial charge < -0.3 is 5.11 Å². The highest BCUT2D eigenvalue weighted by Gasteiger charge is 2.32. The van der Waals surface area contributed by atoms with Gasteiger partial charge in [-0.15, -0.1) is 0 Å². The van der Waals surface area contributed by atoms with E-state index in [1.54, 1.807) is 11.8 Å². The van der Waals surface area contributed by atoms with Crippen LogP contribution in [0.4, 0.5) is 0 Å². The Hall–Kier alpha value is -0.710. The number of benzene rings is 1. The van der Waals surface area contributed by atoms with Gasteiger partial charge >= 0.3 is 5.97 Å². The van der Waals surface area contributed by atoms with E-state index in [9.17, 15) is 4.79 Å². The largest absolute Gasteiger partial charge is 0.480 e. The van der Waals surface area contributed by atoms with Crippen molar-refractivity contribution in [3.63, 3.8) is 0 Å². The zero-order valence-electron chi connectivity index (χ0n) is 9.39. The Morgan fingerprint density at radius 1 is 1.59 bits per heavy atom. The molecule has 1 aromatic rings. The van der Waals surface area contributed by atoms with Crippen LogP contribution in [0.1, 0.15) is 18.5 Å². The average molecular weight is 272 g/mol. The van der Waals surface area contributed by atoms with Crippen molar-refractivity contribution < 1.29 is 9.90 Å². The molecule has 3 nitrogen and oxygen atoms in total. The Morgan fingerprint density at radius 2 is 2.35 bits per heavy atom. The Morgan fingerprint density at radius 3 is 3.00 bits per heavy atom. The number of carboxylic acids is 1. The molecule has 1 fully saturated rings. The number of hydrogen-bond donors (Lipinski definition) is 2. The molecule has 3 unspecified atom stereocenters. The van der Waals surface area contributed by atoms with E-state index in [0.29, 0.717) is 16.0 Å². The average Bonchev–Trinajstić information content (AvgIpc) is 2.29. The van der Waals surface area contributed by atoms with Crippen LogP contribution in [-0.4, -0.2) is 28.1 Å². The highest BCUT2D eigenvalue weighted by atomic mass is 35.5. The number of hydrogen-bond acceptors (Lipinski definition) is 3. The van der Waals surface area contributed by atoms with Crippen LogP contribution < -0.4 is 5.32 Å². The molecule has 1 aliphatic rings. The van der Waals surface area contributed by atoms with E-state index in [0.717, 1.165) is 5.56 Å². The number of nitrogens with one attached hydrogen (secondary N) is 1. The highest BCUT2D eigenvalue weighted by molar-refractivity contribution is 8.00. The van der Waals surface area contributed by atoms with E-state index in [2.05, 4.69) is 12.2 Å². The van der Waals surface area contributed by atoms with Crippen molar-refractivity contribution in [1.82, 2.24) is 5.32 Å². The van der Waals surface area contributed by atoms with Gasteiger partial charge in [-0.2, -0.15) is 11.8 Å². The van der Waals surface area contributed by atoms with Crippen molar-refractivity contribution in [2.75, 3.05) is 5.75 Å². The smallest absolute Gasteiger partial charge is 0.321 e. The SMILES string of the molecule is CC1SCC(C(=O)O)NC1c1cccc(Cl)c1. The van der Waals surface area contributed by atoms with E-state index < -0.39 is 12.0 Å². The lowest BCUT2D eigenvalue weighted by Gasteiger charge is -2.34. The molecule has 1 aliphatic heterocycles. The number of aliphatic carboxylic acids is 1. The summed E-state index contributed by atoms with van der Waals surface area (Å²) in [5.41, 5.74) is 1.04. The molecule has 1 aromatic carbocycles. The molecule has 0 bridgehead atoms. The van der Waals surface area contributed by atoms with Gasteiger partial charge in [-0.05, 0) is 17.7 Å². The third-order valence-electron chi connectivity index (χ3n) is 2.88. The molecule has 17 heavy (non-hydrogen) atoms. The second-order valence-electron chi connectivity index (χ2n) is 4.13. The van der Waals surface area contributed by atoms with Crippen molar-refractivity contribution >= 4 is 29.3 Å². The lowest BCUT2D eigenvalue weighted by atomic mass is 10.0. The predicted octanol–water partition coefficient (Wildman–Crippen LogP) is 2.56. The maximum absolute atomic E-state index is 11.0. The fourth-order valence-electron chi connectivity index (χ4n) is 1.95. The van der Waals surface area contributed by atoms with E-state index in [4.69, 9.17) is 16.7 Å². The normalized spacial score (nSPS) is 28.9. The highest BCUT2D eigenvalue weighted by Crippen LogP contribution is 2.32. The fourth-order valence-corrected chi connectivity index (χ4v) is 3.32. The summed E-state index contributed by atoms with van der Waals surface area (Å²) in [5, 5.41) is 13.2. The first kappa shape index (κ1) is 12.7. The van der Waals surface area contributed by atoms with Gasteiger partial charge in [0, 0.05) is 22.1 Å². The van der Waals surface area contributed by atoms with Crippen LogP contribution in [-0.2, 0) is 4.79 Å². The molecule has 0 spiro atoms. The summed E-state index contributed by atoms with van der Waals surface area (Å²) in [6.45, 7) is 2.10. The molecule has 0 aromatic heterocycles. The quantitative estimate of drug-likeness (QED) is 0.868. The lowest BCUT2D eigenvalue weighted by molar-refractivity contribution is -0.139. The van der Waals surface area contributed by atoms with Crippen LogP contribution >= 0.6 is 23.4 Å². The first-order chi connectivity index (χ1) is 8.08. The Kier molecular flexibility index (Phi) is 3.97. The Labute approximate surface area is 110 Å². The van der Waals surface area contributed by atoms with Gasteiger partial charge in [-0.3, -0.25) is 10.1 Å². The Balaban J connectivity index is 2.20. The molecule has 92 valence electrons. The maximum atomic E-state index is 11.0. The third-order valence-corrected chi connectivity index (χ3v) is 4.44. The van der Waals surface area contributed by atoms with Crippen LogP contribution in [0.3, 0.4) is 0 Å². The monoisotopic (exact) mass is 271 g/mol. The van der Waals surface area contributed by atoms with Crippen molar-refractivity contribution in [2.24, 2.45) is 0 Å². The first-order valence-electron chi connectivity index (χ1n) is 5.44. The summed E-state index contributed by atoms with van der Waals surface area (Å²) in [7, 11) is 0. The summed E-state index contributed by atoms with van der Waals surface area (Å²) in [4.78, 5) is 11.0. The molecule has 5 heteroatoms. The molecule has 2 N–H and O–H groups in total. The van der Waals surface area contributed by atoms with E-state index in [1.165, 1.54) is 0 Å². The van der Waals surface area contributed by atoms with Gasteiger partial charge in [0.15, 0.2) is 0 Å². The van der Waals surface area contributed by atoms with Crippen molar-refractivity contribution in [1.29, 1.82) is 0 Å². The lowest BCUT2D eigenvalue weighted by Crippen LogP contribution is -2.47. The van der Waals surface area contributed by atoms with Crippen LogP contribution in [0.15, 0.2) is 24.3 Å². The molecular weight excluding hydrogens is 258 g/mol. The van der Waals surface area contributed by atoms with E-state index in [-0.39, 0.29) is 6.04 Å². The summed E-state index contributed by atoms with van der Waals surface area (Å²) in [6, 6.07) is 7.13. The molecule has 0 amide bonds. The molecular formula is C12H14ClNO2S. The second kappa shape index (κ2) is 5.29. The van der Waals surface area contributed by atoms with Crippen molar-refractivity contribution in [3.05, 3.63) is 34.9 Å². The van der Waals surface area contributed by atoms with E-state index >= 15 is 0 Å². The molecule has 2 rings (SSSR count). The van der Waals surface area contributed by atoms with Gasteiger partial charge in [0.25, 0.3) is 0 Å². The number of thioether (sulfide) groups is 1. The second-order valence-corrected chi connectivity index (χ2v) is 5.98. The molecule has 1 heterocycles. The van der Waals surface area contributed by atoms with Crippen molar-refractivity contribution in [2.45, 2.75) is 24.3 Å². The van der Waals surface area contributed by atoms with Gasteiger partial charge in [0.2, 0.25) is 0 Å². The van der Waals surface area contributed by atoms with Crippen molar-refractivity contribution in [3.8, 4) is 0 Å². The van der Waals surface area contributed by atoms with Crippen LogP contribution in [0.25, 0.3) is 0 Å². The first-order valence-corrected chi connectivity index (χ1v) is 6.86. The summed E-state index contributed by atoms with van der Waals surface area (Å²) in [6.07, 6.45) is 0. The number of carbonyl (C=O) groups is 1. The van der Waals surface area contributed by atoms with E-state index in [1.807, 2.05) is 24.3 Å². The predicted molar refractivity (Wildman–Crippen MR) is 70.7 cm³/mol. The minimum Gasteiger partial charge on any atom is -0.480 e. The summed E-state index contributed by atoms with van der Waals surface area (Å²) in [5.74, 6) is -0.190. The summed E-state index contributed by atoms with van der Waals surface area (Å²) < 4.78 is 0. The van der Waals surface area contributed by atoms with Gasteiger partial charge in [0.1, 0.15) is 6.04 Å².